The van der Waals surface area contributed by atoms with E-state index in [-0.39, 0.29) is 6.61 Å². The van der Waals surface area contributed by atoms with Gasteiger partial charge in [-0.1, -0.05) is 18.2 Å². The minimum absolute atomic E-state index is 0.234. The summed E-state index contributed by atoms with van der Waals surface area (Å²) in [6.07, 6.45) is 1.47. The summed E-state index contributed by atoms with van der Waals surface area (Å²) < 4.78 is 7.26. The van der Waals surface area contributed by atoms with Crippen LogP contribution in [0.3, 0.4) is 0 Å². The maximum Gasteiger partial charge on any atom is 0.492 e. The fraction of sp³-hybridized carbons (Fsp3) is 0.273. The first-order chi connectivity index (χ1) is 8.72. The zero-order valence-corrected chi connectivity index (χ0v) is 10.0. The Morgan fingerprint density at radius 1 is 1.33 bits per heavy atom. The third-order valence-corrected chi connectivity index (χ3v) is 2.55. The number of benzene rings is 1. The zero-order valence-electron chi connectivity index (χ0n) is 10.0. The first kappa shape index (κ1) is 12.6. The normalized spacial score (nSPS) is 10.4. The molecule has 0 aliphatic heterocycles. The van der Waals surface area contributed by atoms with E-state index in [0.717, 1.165) is 0 Å². The van der Waals surface area contributed by atoms with Crippen molar-refractivity contribution in [2.75, 3.05) is 0 Å². The lowest BCUT2D eigenvalue weighted by molar-refractivity contribution is 0.288. The molecule has 2 N–H and O–H groups in total. The van der Waals surface area contributed by atoms with Crippen LogP contribution in [0.4, 0.5) is 0 Å². The van der Waals surface area contributed by atoms with Gasteiger partial charge in [-0.3, -0.25) is 0 Å². The third-order valence-electron chi connectivity index (χ3n) is 2.55. The predicted molar refractivity (Wildman–Crippen MR) is 66.3 cm³/mol. The Morgan fingerprint density at radius 3 is 2.83 bits per heavy atom. The summed E-state index contributed by atoms with van der Waals surface area (Å²) in [6, 6.07) is 6.77. The van der Waals surface area contributed by atoms with Crippen molar-refractivity contribution >= 4 is 12.6 Å². The summed E-state index contributed by atoms with van der Waals surface area (Å²) in [6.45, 7) is 2.91. The molecule has 0 saturated carbocycles. The number of aromatic nitrogens is 3. The van der Waals surface area contributed by atoms with Gasteiger partial charge in [0.2, 0.25) is 0 Å². The van der Waals surface area contributed by atoms with Crippen LogP contribution in [0, 0.1) is 0 Å². The SMILES string of the molecule is CCn1ncnc1COc1ccccc1B(O)O. The summed E-state index contributed by atoms with van der Waals surface area (Å²) in [7, 11) is -1.55. The minimum atomic E-state index is -1.55. The van der Waals surface area contributed by atoms with Crippen molar-refractivity contribution in [1.29, 1.82) is 0 Å². The van der Waals surface area contributed by atoms with Gasteiger partial charge in [0.1, 0.15) is 18.7 Å². The highest BCUT2D eigenvalue weighted by Crippen LogP contribution is 2.09. The van der Waals surface area contributed by atoms with Crippen molar-refractivity contribution in [3.05, 3.63) is 36.4 Å². The predicted octanol–water partition coefficient (Wildman–Crippen LogP) is -0.443. The molecule has 6 nitrogen and oxygen atoms in total. The number of nitrogens with zero attached hydrogens (tertiary/aromatic N) is 3. The number of hydrogen-bond acceptors (Lipinski definition) is 5. The van der Waals surface area contributed by atoms with Crippen LogP contribution in [0.2, 0.25) is 0 Å². The molecule has 1 aromatic carbocycles. The monoisotopic (exact) mass is 247 g/mol. The van der Waals surface area contributed by atoms with Gasteiger partial charge in [0.15, 0.2) is 5.82 Å². The number of rotatable bonds is 5. The summed E-state index contributed by atoms with van der Waals surface area (Å²) in [5.74, 6) is 1.12. The average Bonchev–Trinajstić information content (AvgIpc) is 2.84. The van der Waals surface area contributed by atoms with Gasteiger partial charge in [0.25, 0.3) is 0 Å². The number of ether oxygens (including phenoxy) is 1. The Labute approximate surface area is 105 Å². The van der Waals surface area contributed by atoms with Crippen LogP contribution in [0.5, 0.6) is 5.75 Å². The van der Waals surface area contributed by atoms with E-state index in [0.29, 0.717) is 23.6 Å². The summed E-state index contributed by atoms with van der Waals surface area (Å²) >= 11 is 0. The molecule has 0 bridgehead atoms. The zero-order chi connectivity index (χ0) is 13.0. The molecular weight excluding hydrogens is 233 g/mol. The van der Waals surface area contributed by atoms with Crippen molar-refractivity contribution in [2.24, 2.45) is 0 Å². The molecule has 0 fully saturated rings. The van der Waals surface area contributed by atoms with E-state index in [9.17, 15) is 10.0 Å². The molecular formula is C11H14BN3O3. The van der Waals surface area contributed by atoms with Gasteiger partial charge in [-0.25, -0.2) is 9.67 Å². The Bertz CT molecular complexity index is 516. The van der Waals surface area contributed by atoms with Crippen molar-refractivity contribution in [1.82, 2.24) is 14.8 Å². The second-order valence-electron chi connectivity index (χ2n) is 3.69. The van der Waals surface area contributed by atoms with Gasteiger partial charge in [-0.15, -0.1) is 0 Å². The topological polar surface area (TPSA) is 80.4 Å². The maximum atomic E-state index is 9.20. The van der Waals surface area contributed by atoms with E-state index >= 15 is 0 Å². The van der Waals surface area contributed by atoms with Gasteiger partial charge < -0.3 is 14.8 Å². The number of aryl methyl sites for hydroxylation is 1. The van der Waals surface area contributed by atoms with Crippen LogP contribution in [-0.2, 0) is 13.2 Å². The van der Waals surface area contributed by atoms with Crippen molar-refractivity contribution in [3.8, 4) is 5.75 Å². The van der Waals surface area contributed by atoms with E-state index < -0.39 is 7.12 Å². The molecule has 0 unspecified atom stereocenters. The molecule has 18 heavy (non-hydrogen) atoms. The molecule has 2 rings (SSSR count). The molecule has 94 valence electrons. The van der Waals surface area contributed by atoms with Crippen molar-refractivity contribution in [2.45, 2.75) is 20.1 Å². The standard InChI is InChI=1S/C11H14BN3O3/c1-2-15-11(13-8-14-15)7-18-10-6-4-3-5-9(10)12(16)17/h3-6,8,16-17H,2,7H2,1H3. The maximum absolute atomic E-state index is 9.20. The molecule has 0 saturated heterocycles. The molecule has 0 amide bonds. The Kier molecular flexibility index (Phi) is 3.96. The summed E-state index contributed by atoms with van der Waals surface area (Å²) in [4.78, 5) is 4.08. The molecule has 2 aromatic rings. The lowest BCUT2D eigenvalue weighted by Gasteiger charge is -2.10. The molecule has 0 spiro atoms. The fourth-order valence-corrected chi connectivity index (χ4v) is 1.63. The molecule has 0 aliphatic carbocycles. The minimum Gasteiger partial charge on any atom is -0.486 e. The van der Waals surface area contributed by atoms with Gasteiger partial charge in [-0.05, 0) is 13.0 Å². The molecule has 7 heteroatoms. The first-order valence-corrected chi connectivity index (χ1v) is 5.67. The molecule has 0 aliphatic rings. The second-order valence-corrected chi connectivity index (χ2v) is 3.69. The highest BCUT2D eigenvalue weighted by Gasteiger charge is 2.16. The van der Waals surface area contributed by atoms with Gasteiger partial charge in [-0.2, -0.15) is 5.10 Å². The Balaban J connectivity index is 2.11. The highest BCUT2D eigenvalue weighted by molar-refractivity contribution is 6.59. The van der Waals surface area contributed by atoms with Crippen LogP contribution >= 0.6 is 0 Å². The van der Waals surface area contributed by atoms with Crippen LogP contribution in [0.25, 0.3) is 0 Å². The van der Waals surface area contributed by atoms with Crippen molar-refractivity contribution in [3.63, 3.8) is 0 Å². The van der Waals surface area contributed by atoms with E-state index in [2.05, 4.69) is 10.1 Å². The van der Waals surface area contributed by atoms with Gasteiger partial charge >= 0.3 is 7.12 Å². The quantitative estimate of drug-likeness (QED) is 0.700. The lowest BCUT2D eigenvalue weighted by atomic mass is 9.79. The first-order valence-electron chi connectivity index (χ1n) is 5.67. The lowest BCUT2D eigenvalue weighted by Crippen LogP contribution is -2.31. The smallest absolute Gasteiger partial charge is 0.486 e. The second kappa shape index (κ2) is 5.66. The van der Waals surface area contributed by atoms with Crippen molar-refractivity contribution < 1.29 is 14.8 Å². The van der Waals surface area contributed by atoms with Gasteiger partial charge in [0.05, 0.1) is 0 Å². The van der Waals surface area contributed by atoms with Gasteiger partial charge in [0, 0.05) is 12.0 Å². The largest absolute Gasteiger partial charge is 0.492 e. The summed E-state index contributed by atoms with van der Waals surface area (Å²) in [5, 5.41) is 22.4. The Morgan fingerprint density at radius 2 is 2.11 bits per heavy atom. The highest BCUT2D eigenvalue weighted by atomic mass is 16.5. The molecule has 1 heterocycles. The summed E-state index contributed by atoms with van der Waals surface area (Å²) in [5.41, 5.74) is 0.333. The van der Waals surface area contributed by atoms with E-state index in [1.807, 2.05) is 6.92 Å². The van der Waals surface area contributed by atoms with E-state index in [4.69, 9.17) is 4.74 Å². The van der Waals surface area contributed by atoms with Crippen LogP contribution < -0.4 is 10.2 Å². The fourth-order valence-electron chi connectivity index (χ4n) is 1.63. The van der Waals surface area contributed by atoms with E-state index in [1.54, 1.807) is 28.9 Å². The van der Waals surface area contributed by atoms with Crippen LogP contribution in [-0.4, -0.2) is 31.9 Å². The van der Waals surface area contributed by atoms with Crippen LogP contribution in [0.1, 0.15) is 12.7 Å². The third kappa shape index (κ3) is 2.69. The number of para-hydroxylation sites is 1. The Hall–Kier alpha value is -1.86. The number of hydrogen-bond donors (Lipinski definition) is 2. The average molecular weight is 247 g/mol. The molecule has 0 radical (unpaired) electrons. The molecule has 1 aromatic heterocycles. The van der Waals surface area contributed by atoms with E-state index in [1.165, 1.54) is 6.33 Å². The molecule has 0 atom stereocenters. The van der Waals surface area contributed by atoms with Crippen LogP contribution in [0.15, 0.2) is 30.6 Å².